The lowest BCUT2D eigenvalue weighted by Gasteiger charge is -2.24. The quantitative estimate of drug-likeness (QED) is 0.803. The van der Waals surface area contributed by atoms with E-state index in [0.29, 0.717) is 6.04 Å². The molecule has 0 spiro atoms. The van der Waals surface area contributed by atoms with Gasteiger partial charge in [0.2, 0.25) is 0 Å². The molecule has 0 aromatic carbocycles. The van der Waals surface area contributed by atoms with Gasteiger partial charge in [-0.1, -0.05) is 0 Å². The minimum atomic E-state index is 0.401. The predicted molar refractivity (Wildman–Crippen MR) is 69.5 cm³/mol. The third kappa shape index (κ3) is 2.94. The Balaban J connectivity index is 2.03. The summed E-state index contributed by atoms with van der Waals surface area (Å²) < 4.78 is 2.08. The van der Waals surface area contributed by atoms with Crippen molar-refractivity contribution >= 4 is 0 Å². The van der Waals surface area contributed by atoms with Crippen LogP contribution in [0.3, 0.4) is 0 Å². The van der Waals surface area contributed by atoms with Crippen LogP contribution in [0, 0.1) is 0 Å². The van der Waals surface area contributed by atoms with Gasteiger partial charge in [-0.15, -0.1) is 0 Å². The molecule has 0 radical (unpaired) electrons. The fourth-order valence-corrected chi connectivity index (χ4v) is 1.98. The molecule has 0 saturated heterocycles. The topological polar surface area (TPSA) is 21.1 Å². The molecule has 0 N–H and O–H groups in total. The summed E-state index contributed by atoms with van der Waals surface area (Å²) in [5, 5.41) is 0. The minimum Gasteiger partial charge on any atom is -0.357 e. The average Bonchev–Trinajstić information content (AvgIpc) is 2.75. The SMILES string of the molecule is CC(c1ccncc1)N(C)Cc1ccn(C)c1. The Morgan fingerprint density at radius 3 is 2.59 bits per heavy atom. The Morgan fingerprint density at radius 1 is 1.29 bits per heavy atom. The first-order chi connectivity index (χ1) is 8.16. The van der Waals surface area contributed by atoms with Gasteiger partial charge in [-0.25, -0.2) is 0 Å². The van der Waals surface area contributed by atoms with Crippen molar-refractivity contribution in [2.45, 2.75) is 19.5 Å². The molecule has 2 aromatic heterocycles. The summed E-state index contributed by atoms with van der Waals surface area (Å²) in [6.45, 7) is 3.18. The molecule has 3 nitrogen and oxygen atoms in total. The van der Waals surface area contributed by atoms with Crippen LogP contribution in [0.5, 0.6) is 0 Å². The fourth-order valence-electron chi connectivity index (χ4n) is 1.98. The molecule has 2 aromatic rings. The number of aromatic nitrogens is 2. The van der Waals surface area contributed by atoms with E-state index < -0.39 is 0 Å². The summed E-state index contributed by atoms with van der Waals surface area (Å²) in [6, 6.07) is 6.71. The van der Waals surface area contributed by atoms with Crippen LogP contribution in [-0.2, 0) is 13.6 Å². The highest BCUT2D eigenvalue weighted by Crippen LogP contribution is 2.19. The summed E-state index contributed by atoms with van der Waals surface area (Å²) in [4.78, 5) is 6.39. The van der Waals surface area contributed by atoms with Crippen LogP contribution >= 0.6 is 0 Å². The third-order valence-corrected chi connectivity index (χ3v) is 3.17. The first-order valence-electron chi connectivity index (χ1n) is 5.88. The summed E-state index contributed by atoms with van der Waals surface area (Å²) in [7, 11) is 4.20. The zero-order valence-electron chi connectivity index (χ0n) is 10.7. The van der Waals surface area contributed by atoms with Gasteiger partial charge in [0, 0.05) is 44.4 Å². The van der Waals surface area contributed by atoms with Gasteiger partial charge in [0.1, 0.15) is 0 Å². The zero-order valence-corrected chi connectivity index (χ0v) is 10.7. The van der Waals surface area contributed by atoms with Crippen molar-refractivity contribution in [3.63, 3.8) is 0 Å². The Labute approximate surface area is 103 Å². The number of hydrogen-bond donors (Lipinski definition) is 0. The van der Waals surface area contributed by atoms with Crippen molar-refractivity contribution in [1.82, 2.24) is 14.5 Å². The molecule has 3 heteroatoms. The molecule has 2 heterocycles. The molecule has 0 aliphatic carbocycles. The van der Waals surface area contributed by atoms with Gasteiger partial charge in [0.05, 0.1) is 0 Å². The number of rotatable bonds is 4. The number of aryl methyl sites for hydroxylation is 1. The molecule has 0 bridgehead atoms. The first kappa shape index (κ1) is 11.9. The van der Waals surface area contributed by atoms with Crippen molar-refractivity contribution in [2.75, 3.05) is 7.05 Å². The van der Waals surface area contributed by atoms with Gasteiger partial charge >= 0.3 is 0 Å². The highest BCUT2D eigenvalue weighted by atomic mass is 15.1. The molecular weight excluding hydrogens is 210 g/mol. The lowest BCUT2D eigenvalue weighted by Crippen LogP contribution is -2.21. The van der Waals surface area contributed by atoms with Crippen molar-refractivity contribution in [3.05, 3.63) is 54.1 Å². The van der Waals surface area contributed by atoms with Crippen molar-refractivity contribution < 1.29 is 0 Å². The van der Waals surface area contributed by atoms with Gasteiger partial charge in [-0.05, 0) is 43.3 Å². The van der Waals surface area contributed by atoms with Crippen molar-refractivity contribution in [3.8, 4) is 0 Å². The molecule has 90 valence electrons. The van der Waals surface area contributed by atoms with E-state index in [9.17, 15) is 0 Å². The lowest BCUT2D eigenvalue weighted by molar-refractivity contribution is 0.253. The Hall–Kier alpha value is -1.61. The molecule has 1 atom stereocenters. The van der Waals surface area contributed by atoms with Crippen LogP contribution in [0.1, 0.15) is 24.1 Å². The second-order valence-electron chi connectivity index (χ2n) is 4.56. The second-order valence-corrected chi connectivity index (χ2v) is 4.56. The molecule has 0 aliphatic rings. The predicted octanol–water partition coefficient (Wildman–Crippen LogP) is 2.61. The summed E-state index contributed by atoms with van der Waals surface area (Å²) in [5.41, 5.74) is 2.65. The number of hydrogen-bond acceptors (Lipinski definition) is 2. The van der Waals surface area contributed by atoms with Gasteiger partial charge < -0.3 is 4.57 Å². The van der Waals surface area contributed by atoms with Gasteiger partial charge in [0.25, 0.3) is 0 Å². The van der Waals surface area contributed by atoms with Crippen molar-refractivity contribution in [2.24, 2.45) is 7.05 Å². The molecule has 0 fully saturated rings. The van der Waals surface area contributed by atoms with Crippen LogP contribution in [0.4, 0.5) is 0 Å². The largest absolute Gasteiger partial charge is 0.357 e. The highest BCUT2D eigenvalue weighted by molar-refractivity contribution is 5.15. The Kier molecular flexibility index (Phi) is 3.59. The van der Waals surface area contributed by atoms with Crippen LogP contribution in [0.2, 0.25) is 0 Å². The molecule has 0 amide bonds. The summed E-state index contributed by atoms with van der Waals surface area (Å²) in [5.74, 6) is 0. The number of pyridine rings is 1. The molecular formula is C14H19N3. The maximum atomic E-state index is 4.05. The Morgan fingerprint density at radius 2 is 2.00 bits per heavy atom. The molecule has 1 unspecified atom stereocenters. The summed E-state index contributed by atoms with van der Waals surface area (Å²) in [6.07, 6.45) is 7.94. The van der Waals surface area contributed by atoms with E-state index in [1.807, 2.05) is 12.4 Å². The van der Waals surface area contributed by atoms with Crippen LogP contribution < -0.4 is 0 Å². The van der Waals surface area contributed by atoms with Gasteiger partial charge in [0.15, 0.2) is 0 Å². The summed E-state index contributed by atoms with van der Waals surface area (Å²) >= 11 is 0. The van der Waals surface area contributed by atoms with Crippen molar-refractivity contribution in [1.29, 1.82) is 0 Å². The monoisotopic (exact) mass is 229 g/mol. The maximum Gasteiger partial charge on any atom is 0.0321 e. The molecule has 17 heavy (non-hydrogen) atoms. The van der Waals surface area contributed by atoms with E-state index in [2.05, 4.69) is 66.1 Å². The zero-order chi connectivity index (χ0) is 12.3. The van der Waals surface area contributed by atoms with Gasteiger partial charge in [-0.2, -0.15) is 0 Å². The smallest absolute Gasteiger partial charge is 0.0321 e. The molecule has 2 rings (SSSR count). The van der Waals surface area contributed by atoms with Crippen LogP contribution in [0.15, 0.2) is 43.0 Å². The minimum absolute atomic E-state index is 0.401. The molecule has 0 saturated carbocycles. The highest BCUT2D eigenvalue weighted by Gasteiger charge is 2.11. The van der Waals surface area contributed by atoms with E-state index in [-0.39, 0.29) is 0 Å². The van der Waals surface area contributed by atoms with E-state index in [0.717, 1.165) is 6.54 Å². The van der Waals surface area contributed by atoms with E-state index in [1.165, 1.54) is 11.1 Å². The number of nitrogens with zero attached hydrogens (tertiary/aromatic N) is 3. The average molecular weight is 229 g/mol. The normalized spacial score (nSPS) is 12.9. The van der Waals surface area contributed by atoms with Gasteiger partial charge in [-0.3, -0.25) is 9.88 Å². The maximum absolute atomic E-state index is 4.05. The second kappa shape index (κ2) is 5.15. The standard InChI is InChI=1S/C14H19N3/c1-12(14-4-7-15-8-5-14)17(3)11-13-6-9-16(2)10-13/h4-10,12H,11H2,1-3H3. The first-order valence-corrected chi connectivity index (χ1v) is 5.88. The Bertz CT molecular complexity index is 461. The van der Waals surface area contributed by atoms with Crippen LogP contribution in [0.25, 0.3) is 0 Å². The third-order valence-electron chi connectivity index (χ3n) is 3.17. The molecule has 0 aliphatic heterocycles. The van der Waals surface area contributed by atoms with Crippen LogP contribution in [-0.4, -0.2) is 21.5 Å². The lowest BCUT2D eigenvalue weighted by atomic mass is 10.1. The van der Waals surface area contributed by atoms with E-state index in [1.54, 1.807) is 0 Å². The fraction of sp³-hybridized carbons (Fsp3) is 0.357. The van der Waals surface area contributed by atoms with E-state index in [4.69, 9.17) is 0 Å². The van der Waals surface area contributed by atoms with E-state index >= 15 is 0 Å².